The molecule has 0 amide bonds. The van der Waals surface area contributed by atoms with E-state index in [1.54, 1.807) is 7.11 Å². The topological polar surface area (TPSA) is 69.7 Å². The van der Waals surface area contributed by atoms with Crippen LogP contribution >= 0.6 is 22.9 Å². The summed E-state index contributed by atoms with van der Waals surface area (Å²) in [7, 11) is 1.59. The van der Waals surface area contributed by atoms with Crippen molar-refractivity contribution in [2.75, 3.05) is 7.11 Å². The lowest BCUT2D eigenvalue weighted by Crippen LogP contribution is -2.02. The van der Waals surface area contributed by atoms with E-state index >= 15 is 0 Å². The smallest absolute Gasteiger partial charge is 0.373 e. The van der Waals surface area contributed by atoms with Crippen LogP contribution in [-0.4, -0.2) is 19.0 Å². The van der Waals surface area contributed by atoms with Crippen LogP contribution in [0.4, 0.5) is 4.39 Å². The van der Waals surface area contributed by atoms with E-state index in [4.69, 9.17) is 30.7 Å². The minimum atomic E-state index is -0.500. The quantitative estimate of drug-likeness (QED) is 0.264. The summed E-state index contributed by atoms with van der Waals surface area (Å²) in [5.74, 6) is 0.885. The lowest BCUT2D eigenvalue weighted by molar-refractivity contribution is -0.191. The molecule has 0 unspecified atom stereocenters. The first kappa shape index (κ1) is 24.9. The summed E-state index contributed by atoms with van der Waals surface area (Å²) in [6, 6.07) is 16.8. The zero-order chi connectivity index (χ0) is 24.7. The highest BCUT2D eigenvalue weighted by atomic mass is 35.5. The number of halogens is 2. The van der Waals surface area contributed by atoms with Crippen LogP contribution in [0, 0.1) is 5.82 Å². The molecule has 1 aromatic heterocycles. The van der Waals surface area contributed by atoms with Gasteiger partial charge in [-0.15, -0.1) is 11.3 Å². The SMILES string of the molecule is C/C=C/c1ccc(Oc2c(C(=O)c3ccc(F)cc3Cl)sc3cc(OC)ccc23)cc1.O=C=O. The number of benzene rings is 3. The van der Waals surface area contributed by atoms with Crippen LogP contribution in [0.2, 0.25) is 5.02 Å². The van der Waals surface area contributed by atoms with Crippen molar-refractivity contribution in [3.8, 4) is 17.2 Å². The first-order valence-corrected chi connectivity index (χ1v) is 11.1. The molecule has 4 aromatic rings. The third-order valence-electron chi connectivity index (χ3n) is 4.69. The molecule has 0 saturated heterocycles. The normalized spacial score (nSPS) is 10.5. The molecule has 0 fully saturated rings. The van der Waals surface area contributed by atoms with Gasteiger partial charge in [-0.25, -0.2) is 4.39 Å². The Bertz CT molecular complexity index is 1390. The number of allylic oxidation sites excluding steroid dienone is 1. The Morgan fingerprint density at radius 3 is 2.32 bits per heavy atom. The summed E-state index contributed by atoms with van der Waals surface area (Å²) < 4.78 is 25.8. The molecule has 0 aliphatic heterocycles. The van der Waals surface area contributed by atoms with Crippen LogP contribution in [0.3, 0.4) is 0 Å². The second-order valence-corrected chi connectivity index (χ2v) is 8.29. The van der Waals surface area contributed by atoms with Crippen LogP contribution in [0.5, 0.6) is 17.2 Å². The van der Waals surface area contributed by atoms with Gasteiger partial charge in [0.05, 0.1) is 12.1 Å². The summed E-state index contributed by atoms with van der Waals surface area (Å²) >= 11 is 7.44. The minimum absolute atomic E-state index is 0.0571. The molecule has 4 rings (SSSR count). The largest absolute Gasteiger partial charge is 0.497 e. The van der Waals surface area contributed by atoms with Gasteiger partial charge in [-0.3, -0.25) is 4.79 Å². The molecular weight excluding hydrogens is 479 g/mol. The van der Waals surface area contributed by atoms with E-state index in [-0.39, 0.29) is 22.5 Å². The molecule has 5 nitrogen and oxygen atoms in total. The highest BCUT2D eigenvalue weighted by molar-refractivity contribution is 7.21. The molecule has 0 bridgehead atoms. The average Bonchev–Trinajstić information content (AvgIpc) is 3.18. The fourth-order valence-corrected chi connectivity index (χ4v) is 4.55. The number of fused-ring (bicyclic) bond motifs is 1. The third-order valence-corrected chi connectivity index (χ3v) is 6.14. The van der Waals surface area contributed by atoms with Gasteiger partial charge in [-0.05, 0) is 61.0 Å². The zero-order valence-electron chi connectivity index (χ0n) is 18.1. The highest BCUT2D eigenvalue weighted by Crippen LogP contribution is 2.43. The van der Waals surface area contributed by atoms with Gasteiger partial charge in [0.15, 0.2) is 5.75 Å². The van der Waals surface area contributed by atoms with Crippen LogP contribution in [0.1, 0.15) is 27.7 Å². The Morgan fingerprint density at radius 2 is 1.71 bits per heavy atom. The predicted octanol–water partition coefficient (Wildman–Crippen LogP) is 7.18. The van der Waals surface area contributed by atoms with Gasteiger partial charge in [0, 0.05) is 15.6 Å². The van der Waals surface area contributed by atoms with Crippen molar-refractivity contribution < 1.29 is 28.2 Å². The molecule has 0 aliphatic carbocycles. The van der Waals surface area contributed by atoms with Gasteiger partial charge in [0.1, 0.15) is 22.2 Å². The molecule has 0 atom stereocenters. The summed E-state index contributed by atoms with van der Waals surface area (Å²) in [5.41, 5.74) is 1.26. The highest BCUT2D eigenvalue weighted by Gasteiger charge is 2.24. The number of thiophene rings is 1. The molecular formula is C26H18ClFO5S. The van der Waals surface area contributed by atoms with Crippen LogP contribution in [0.25, 0.3) is 16.2 Å². The Balaban J connectivity index is 0.00000103. The van der Waals surface area contributed by atoms with Crippen molar-refractivity contribution in [2.24, 2.45) is 0 Å². The second kappa shape index (κ2) is 11.4. The molecule has 3 aromatic carbocycles. The molecule has 0 aliphatic rings. The molecule has 0 N–H and O–H groups in total. The molecule has 0 radical (unpaired) electrons. The Kier molecular flexibility index (Phi) is 8.33. The number of hydrogen-bond acceptors (Lipinski definition) is 6. The lowest BCUT2D eigenvalue weighted by Gasteiger charge is -2.09. The van der Waals surface area contributed by atoms with Crippen LogP contribution < -0.4 is 9.47 Å². The van der Waals surface area contributed by atoms with E-state index in [0.717, 1.165) is 21.7 Å². The predicted molar refractivity (Wildman–Crippen MR) is 129 cm³/mol. The number of methoxy groups -OCH3 is 1. The third kappa shape index (κ3) is 5.58. The maximum atomic E-state index is 13.5. The molecule has 8 heteroatoms. The Morgan fingerprint density at radius 1 is 1.03 bits per heavy atom. The van der Waals surface area contributed by atoms with Gasteiger partial charge < -0.3 is 9.47 Å². The van der Waals surface area contributed by atoms with Gasteiger partial charge in [-0.2, -0.15) is 9.59 Å². The number of carbonyl (C=O) groups excluding carboxylic acids is 3. The second-order valence-electron chi connectivity index (χ2n) is 6.83. The van der Waals surface area contributed by atoms with Crippen molar-refractivity contribution in [1.29, 1.82) is 0 Å². The maximum absolute atomic E-state index is 13.5. The van der Waals surface area contributed by atoms with Crippen molar-refractivity contribution >= 4 is 51.0 Å². The zero-order valence-corrected chi connectivity index (χ0v) is 19.7. The monoisotopic (exact) mass is 496 g/mol. The fraction of sp³-hybridized carbons (Fsp3) is 0.0769. The summed E-state index contributed by atoms with van der Waals surface area (Å²) in [4.78, 5) is 30.0. The lowest BCUT2D eigenvalue weighted by atomic mass is 10.1. The number of ether oxygens (including phenoxy) is 2. The molecule has 34 heavy (non-hydrogen) atoms. The fourth-order valence-electron chi connectivity index (χ4n) is 3.18. The Labute approximate surface area is 204 Å². The van der Waals surface area contributed by atoms with E-state index in [1.807, 2.05) is 61.5 Å². The van der Waals surface area contributed by atoms with Gasteiger partial charge >= 0.3 is 6.15 Å². The number of hydrogen-bond donors (Lipinski definition) is 0. The molecule has 0 saturated carbocycles. The number of ketones is 1. The molecule has 1 heterocycles. The Hall–Kier alpha value is -3.77. The number of carbonyl (C=O) groups is 1. The van der Waals surface area contributed by atoms with E-state index in [9.17, 15) is 9.18 Å². The first-order chi connectivity index (χ1) is 16.4. The minimum Gasteiger partial charge on any atom is -0.497 e. The van der Waals surface area contributed by atoms with Crippen molar-refractivity contribution in [1.82, 2.24) is 0 Å². The maximum Gasteiger partial charge on any atom is 0.373 e. The molecule has 172 valence electrons. The van der Waals surface area contributed by atoms with Crippen molar-refractivity contribution in [3.05, 3.63) is 93.6 Å². The first-order valence-electron chi connectivity index (χ1n) is 9.92. The van der Waals surface area contributed by atoms with E-state index in [2.05, 4.69) is 0 Å². The van der Waals surface area contributed by atoms with E-state index in [0.29, 0.717) is 22.1 Å². The van der Waals surface area contributed by atoms with Crippen LogP contribution in [-0.2, 0) is 9.59 Å². The summed E-state index contributed by atoms with van der Waals surface area (Å²) in [6.07, 6.45) is 4.19. The van der Waals surface area contributed by atoms with E-state index in [1.165, 1.54) is 23.5 Å². The summed E-state index contributed by atoms with van der Waals surface area (Å²) in [5, 5.41) is 0.839. The standard InChI is InChI=1S/C25H18ClFO3S.CO2/c1-3-4-15-5-8-17(9-6-15)30-24-20-12-10-18(29-2)14-22(20)31-25(24)23(28)19-11-7-16(27)13-21(19)26;2-1-3/h3-14H,1-2H3;/b4-3+;. The van der Waals surface area contributed by atoms with Crippen LogP contribution in [0.15, 0.2) is 66.7 Å². The van der Waals surface area contributed by atoms with Gasteiger partial charge in [-0.1, -0.05) is 35.9 Å². The van der Waals surface area contributed by atoms with Crippen molar-refractivity contribution in [2.45, 2.75) is 6.92 Å². The summed E-state index contributed by atoms with van der Waals surface area (Å²) in [6.45, 7) is 1.95. The van der Waals surface area contributed by atoms with Crippen molar-refractivity contribution in [3.63, 3.8) is 0 Å². The average molecular weight is 497 g/mol. The number of rotatable bonds is 6. The van der Waals surface area contributed by atoms with Gasteiger partial charge in [0.2, 0.25) is 5.78 Å². The van der Waals surface area contributed by atoms with Gasteiger partial charge in [0.25, 0.3) is 0 Å². The molecule has 0 spiro atoms. The van der Waals surface area contributed by atoms with E-state index < -0.39 is 5.82 Å².